The van der Waals surface area contributed by atoms with E-state index in [0.29, 0.717) is 17.9 Å². The molecule has 1 aliphatic heterocycles. The van der Waals surface area contributed by atoms with Gasteiger partial charge in [0.05, 0.1) is 0 Å². The number of likely N-dealkylation sites (N-methyl/N-ethyl adjacent to an activating group) is 1. The first-order valence-corrected chi connectivity index (χ1v) is 11.9. The summed E-state index contributed by atoms with van der Waals surface area (Å²) in [4.78, 5) is 33.0. The summed E-state index contributed by atoms with van der Waals surface area (Å²) < 4.78 is 5.47. The van der Waals surface area contributed by atoms with Crippen LogP contribution in [-0.4, -0.2) is 79.2 Å². The molecule has 0 radical (unpaired) electrons. The molecule has 184 valence electrons. The van der Waals surface area contributed by atoms with Crippen molar-refractivity contribution in [3.05, 3.63) is 0 Å². The molecule has 32 heavy (non-hydrogen) atoms. The molecule has 3 aliphatic rings. The third-order valence-electron chi connectivity index (χ3n) is 6.66. The molecule has 3 atom stereocenters. The summed E-state index contributed by atoms with van der Waals surface area (Å²) in [6, 6.07) is 0.558. The van der Waals surface area contributed by atoms with Gasteiger partial charge in [0.1, 0.15) is 12.1 Å². The molecule has 8 nitrogen and oxygen atoms in total. The summed E-state index contributed by atoms with van der Waals surface area (Å²) in [7, 11) is 3.53. The fourth-order valence-electron chi connectivity index (χ4n) is 5.03. The van der Waals surface area contributed by atoms with E-state index in [-0.39, 0.29) is 48.6 Å². The number of ether oxygens (including phenoxy) is 1. The van der Waals surface area contributed by atoms with Crippen molar-refractivity contribution in [1.29, 1.82) is 0 Å². The molecule has 2 amide bonds. The zero-order chi connectivity index (χ0) is 22.6. The van der Waals surface area contributed by atoms with E-state index in [9.17, 15) is 9.59 Å². The van der Waals surface area contributed by atoms with Crippen LogP contribution in [-0.2, 0) is 9.53 Å². The Labute approximate surface area is 210 Å². The lowest BCUT2D eigenvalue weighted by atomic mass is 9.96. The second kappa shape index (κ2) is 11.7. The summed E-state index contributed by atoms with van der Waals surface area (Å²) in [5.41, 5.74) is -0.494. The van der Waals surface area contributed by atoms with Gasteiger partial charge in [0.15, 0.2) is 5.96 Å². The highest BCUT2D eigenvalue weighted by Crippen LogP contribution is 2.38. The van der Waals surface area contributed by atoms with E-state index < -0.39 is 5.60 Å². The second-order valence-corrected chi connectivity index (χ2v) is 10.6. The predicted molar refractivity (Wildman–Crippen MR) is 137 cm³/mol. The predicted octanol–water partition coefficient (Wildman–Crippen LogP) is 3.21. The minimum absolute atomic E-state index is 0. The topological polar surface area (TPSA) is 86.3 Å². The van der Waals surface area contributed by atoms with E-state index in [1.165, 1.54) is 19.3 Å². The van der Waals surface area contributed by atoms with Gasteiger partial charge in [0, 0.05) is 45.2 Å². The number of alkyl carbamates (subject to hydrolysis) is 1. The van der Waals surface area contributed by atoms with Gasteiger partial charge in [-0.25, -0.2) is 9.79 Å². The van der Waals surface area contributed by atoms with E-state index in [2.05, 4.69) is 15.5 Å². The highest BCUT2D eigenvalue weighted by Gasteiger charge is 2.44. The van der Waals surface area contributed by atoms with Crippen molar-refractivity contribution in [2.24, 2.45) is 16.8 Å². The number of rotatable bonds is 4. The minimum atomic E-state index is -0.494. The van der Waals surface area contributed by atoms with E-state index in [1.54, 1.807) is 19.0 Å². The van der Waals surface area contributed by atoms with E-state index >= 15 is 0 Å². The number of carbonyl (C=O) groups is 2. The third kappa shape index (κ3) is 7.66. The number of nitrogens with zero attached hydrogens (tertiary/aromatic N) is 3. The standard InChI is InChI=1S/C23H41N5O3.HI/c1-23(2,3)31-22(30)26-19-12-11-16-14-28(15-18(16)19)21(24-13-20(29)27(4)5)25-17-9-7-6-8-10-17;/h16-19H,6-15H2,1-5H3,(H,24,25)(H,26,30);1H. The molecule has 1 heterocycles. The maximum atomic E-state index is 12.3. The first kappa shape index (κ1) is 27.0. The Morgan fingerprint density at radius 3 is 2.34 bits per heavy atom. The molecule has 0 aromatic carbocycles. The Balaban J connectivity index is 0.00000363. The molecular formula is C23H42IN5O3. The number of halogens is 1. The van der Waals surface area contributed by atoms with Crippen LogP contribution in [0.2, 0.25) is 0 Å². The van der Waals surface area contributed by atoms with E-state index in [1.807, 2.05) is 20.8 Å². The number of amides is 2. The Bertz CT molecular complexity index is 673. The number of hydrogen-bond acceptors (Lipinski definition) is 4. The van der Waals surface area contributed by atoms with Crippen LogP contribution >= 0.6 is 24.0 Å². The molecule has 9 heteroatoms. The molecule has 3 fully saturated rings. The zero-order valence-electron chi connectivity index (χ0n) is 20.4. The molecular weight excluding hydrogens is 521 g/mol. The highest BCUT2D eigenvalue weighted by atomic mass is 127. The maximum absolute atomic E-state index is 12.3. The molecule has 1 saturated heterocycles. The molecule has 2 N–H and O–H groups in total. The van der Waals surface area contributed by atoms with Gasteiger partial charge in [-0.1, -0.05) is 19.3 Å². The van der Waals surface area contributed by atoms with Gasteiger partial charge < -0.3 is 25.2 Å². The van der Waals surface area contributed by atoms with Crippen molar-refractivity contribution in [1.82, 2.24) is 20.4 Å². The summed E-state index contributed by atoms with van der Waals surface area (Å²) in [5, 5.41) is 6.77. The smallest absolute Gasteiger partial charge is 0.407 e. The molecule has 0 aromatic heterocycles. The summed E-state index contributed by atoms with van der Waals surface area (Å²) in [6.45, 7) is 7.58. The van der Waals surface area contributed by atoms with Crippen molar-refractivity contribution < 1.29 is 14.3 Å². The van der Waals surface area contributed by atoms with Crippen molar-refractivity contribution in [3.8, 4) is 0 Å². The molecule has 0 spiro atoms. The van der Waals surface area contributed by atoms with E-state index in [4.69, 9.17) is 9.73 Å². The van der Waals surface area contributed by atoms with Crippen LogP contribution in [0.5, 0.6) is 0 Å². The van der Waals surface area contributed by atoms with Crippen molar-refractivity contribution >= 4 is 41.9 Å². The fourth-order valence-corrected chi connectivity index (χ4v) is 5.03. The van der Waals surface area contributed by atoms with Crippen molar-refractivity contribution in [3.63, 3.8) is 0 Å². The molecule has 3 unspecified atom stereocenters. The van der Waals surface area contributed by atoms with Gasteiger partial charge >= 0.3 is 6.09 Å². The normalized spacial score (nSPS) is 26.2. The average Bonchev–Trinajstić information content (AvgIpc) is 3.26. The number of aliphatic imine (C=N–C) groups is 1. The molecule has 2 aliphatic carbocycles. The minimum Gasteiger partial charge on any atom is -0.444 e. The fraction of sp³-hybridized carbons (Fsp3) is 0.870. The van der Waals surface area contributed by atoms with Gasteiger partial charge in [-0.15, -0.1) is 24.0 Å². The zero-order valence-corrected chi connectivity index (χ0v) is 22.7. The van der Waals surface area contributed by atoms with Gasteiger partial charge in [-0.2, -0.15) is 0 Å². The SMILES string of the molecule is CN(C)C(=O)CN=C(NC1CCCCC1)N1CC2CCC(NC(=O)OC(C)(C)C)C2C1.I. The van der Waals surface area contributed by atoms with Gasteiger partial charge in [0.25, 0.3) is 0 Å². The first-order chi connectivity index (χ1) is 14.6. The number of hydrogen-bond donors (Lipinski definition) is 2. The third-order valence-corrected chi connectivity index (χ3v) is 6.66. The van der Waals surface area contributed by atoms with Crippen molar-refractivity contribution in [2.45, 2.75) is 83.4 Å². The largest absolute Gasteiger partial charge is 0.444 e. The first-order valence-electron chi connectivity index (χ1n) is 11.9. The van der Waals surface area contributed by atoms with Crippen LogP contribution in [0, 0.1) is 11.8 Å². The highest BCUT2D eigenvalue weighted by molar-refractivity contribution is 14.0. The number of nitrogens with one attached hydrogen (secondary N) is 2. The summed E-state index contributed by atoms with van der Waals surface area (Å²) in [6.07, 6.45) is 7.86. The Hall–Kier alpha value is -1.26. The second-order valence-electron chi connectivity index (χ2n) is 10.6. The Morgan fingerprint density at radius 1 is 1.03 bits per heavy atom. The van der Waals surface area contributed by atoms with Crippen LogP contribution in [0.15, 0.2) is 4.99 Å². The average molecular weight is 564 g/mol. The molecule has 0 aromatic rings. The lowest BCUT2D eigenvalue weighted by Gasteiger charge is -2.30. The molecule has 0 bridgehead atoms. The maximum Gasteiger partial charge on any atom is 0.407 e. The Kier molecular flexibility index (Phi) is 9.90. The summed E-state index contributed by atoms with van der Waals surface area (Å²) >= 11 is 0. The van der Waals surface area contributed by atoms with Gasteiger partial charge in [-0.3, -0.25) is 4.79 Å². The number of likely N-dealkylation sites (tertiary alicyclic amines) is 1. The van der Waals surface area contributed by atoms with Crippen LogP contribution in [0.1, 0.15) is 65.7 Å². The number of guanidine groups is 1. The quantitative estimate of drug-likeness (QED) is 0.312. The summed E-state index contributed by atoms with van der Waals surface area (Å²) in [5.74, 6) is 1.78. The van der Waals surface area contributed by atoms with Gasteiger partial charge in [-0.05, 0) is 52.4 Å². The van der Waals surface area contributed by atoms with E-state index in [0.717, 1.165) is 44.7 Å². The van der Waals surface area contributed by atoms with Crippen molar-refractivity contribution in [2.75, 3.05) is 33.7 Å². The van der Waals surface area contributed by atoms with Crippen LogP contribution < -0.4 is 10.6 Å². The Morgan fingerprint density at radius 2 is 1.72 bits per heavy atom. The molecule has 3 rings (SSSR count). The lowest BCUT2D eigenvalue weighted by molar-refractivity contribution is -0.127. The van der Waals surface area contributed by atoms with Crippen LogP contribution in [0.3, 0.4) is 0 Å². The monoisotopic (exact) mass is 563 g/mol. The number of fused-ring (bicyclic) bond motifs is 1. The van der Waals surface area contributed by atoms with Crippen LogP contribution in [0.25, 0.3) is 0 Å². The molecule has 2 saturated carbocycles. The number of carbonyl (C=O) groups excluding carboxylic acids is 2. The lowest BCUT2D eigenvalue weighted by Crippen LogP contribution is -2.48. The van der Waals surface area contributed by atoms with Crippen LogP contribution in [0.4, 0.5) is 4.79 Å². The van der Waals surface area contributed by atoms with Gasteiger partial charge in [0.2, 0.25) is 5.91 Å².